The molecule has 13 heavy (non-hydrogen) atoms. The number of Topliss-reactive ketones (excluding diaryl/α,β-unsaturated/α-hetero) is 1. The van der Waals surface area contributed by atoms with Gasteiger partial charge in [0.1, 0.15) is 5.69 Å². The van der Waals surface area contributed by atoms with Crippen LogP contribution in [0, 0.1) is 0 Å². The molecule has 0 atom stereocenters. The van der Waals surface area contributed by atoms with Crippen molar-refractivity contribution >= 4 is 5.78 Å². The van der Waals surface area contributed by atoms with Crippen molar-refractivity contribution in [3.05, 3.63) is 23.5 Å². The minimum Gasteiger partial charge on any atom is -0.292 e. The van der Waals surface area contributed by atoms with Crippen LogP contribution in [0.25, 0.3) is 0 Å². The first kappa shape index (κ1) is 9.84. The van der Waals surface area contributed by atoms with Crippen molar-refractivity contribution in [2.24, 2.45) is 0 Å². The molecule has 0 bridgehead atoms. The highest BCUT2D eigenvalue weighted by Gasteiger charge is 2.06. The molecule has 1 aromatic heterocycles. The molecule has 0 fully saturated rings. The van der Waals surface area contributed by atoms with Crippen LogP contribution in [0.3, 0.4) is 0 Å². The van der Waals surface area contributed by atoms with Gasteiger partial charge < -0.3 is 0 Å². The minimum absolute atomic E-state index is 0.0443. The lowest BCUT2D eigenvalue weighted by Crippen LogP contribution is -2.04. The van der Waals surface area contributed by atoms with Crippen LogP contribution in [0.5, 0.6) is 0 Å². The molecule has 3 heteroatoms. The van der Waals surface area contributed by atoms with Crippen LogP contribution in [0.4, 0.5) is 0 Å². The number of hydrogen-bond acceptors (Lipinski definition) is 3. The highest BCUT2D eigenvalue weighted by Crippen LogP contribution is 2.10. The molecule has 0 saturated carbocycles. The van der Waals surface area contributed by atoms with Gasteiger partial charge in [-0.15, -0.1) is 5.10 Å². The molecule has 0 aromatic carbocycles. The summed E-state index contributed by atoms with van der Waals surface area (Å²) >= 11 is 0. The Bertz CT molecular complexity index is 290. The molecule has 3 nitrogen and oxygen atoms in total. The third kappa shape index (κ3) is 2.34. The average molecular weight is 178 g/mol. The SMILES string of the molecule is CCC(=O)c1ccc(C(C)C)nn1. The summed E-state index contributed by atoms with van der Waals surface area (Å²) in [5, 5.41) is 7.85. The lowest BCUT2D eigenvalue weighted by Gasteiger charge is -2.02. The summed E-state index contributed by atoms with van der Waals surface area (Å²) in [6.07, 6.45) is 0.482. The number of nitrogens with zero attached hydrogens (tertiary/aromatic N) is 2. The average Bonchev–Trinajstić information content (AvgIpc) is 2.17. The first-order valence-electron chi connectivity index (χ1n) is 4.52. The fourth-order valence-electron chi connectivity index (χ4n) is 0.980. The van der Waals surface area contributed by atoms with Crippen molar-refractivity contribution in [1.29, 1.82) is 0 Å². The Balaban J connectivity index is 2.87. The van der Waals surface area contributed by atoms with Crippen LogP contribution >= 0.6 is 0 Å². The van der Waals surface area contributed by atoms with E-state index in [0.717, 1.165) is 5.69 Å². The van der Waals surface area contributed by atoms with Gasteiger partial charge in [0.2, 0.25) is 0 Å². The standard InChI is InChI=1S/C10H14N2O/c1-4-10(13)9-6-5-8(7(2)3)11-12-9/h5-7H,4H2,1-3H3. The van der Waals surface area contributed by atoms with E-state index < -0.39 is 0 Å². The molecule has 0 unspecified atom stereocenters. The lowest BCUT2D eigenvalue weighted by atomic mass is 10.1. The topological polar surface area (TPSA) is 42.9 Å². The fraction of sp³-hybridized carbons (Fsp3) is 0.500. The molecule has 0 saturated heterocycles. The molecular formula is C10H14N2O. The molecule has 0 aliphatic rings. The van der Waals surface area contributed by atoms with Gasteiger partial charge in [0.25, 0.3) is 0 Å². The van der Waals surface area contributed by atoms with E-state index in [-0.39, 0.29) is 5.78 Å². The van der Waals surface area contributed by atoms with Gasteiger partial charge in [-0.3, -0.25) is 4.79 Å². The first-order valence-corrected chi connectivity index (χ1v) is 4.52. The van der Waals surface area contributed by atoms with Gasteiger partial charge in [-0.1, -0.05) is 20.8 Å². The summed E-state index contributed by atoms with van der Waals surface area (Å²) in [7, 11) is 0. The molecule has 1 rings (SSSR count). The van der Waals surface area contributed by atoms with E-state index >= 15 is 0 Å². The first-order chi connectivity index (χ1) is 6.15. The quantitative estimate of drug-likeness (QED) is 0.666. The maximum atomic E-state index is 11.2. The van der Waals surface area contributed by atoms with Gasteiger partial charge in [0.05, 0.1) is 5.69 Å². The Hall–Kier alpha value is -1.25. The molecule has 0 spiro atoms. The summed E-state index contributed by atoms with van der Waals surface area (Å²) in [6.45, 7) is 5.91. The van der Waals surface area contributed by atoms with Gasteiger partial charge >= 0.3 is 0 Å². The summed E-state index contributed by atoms with van der Waals surface area (Å²) < 4.78 is 0. The zero-order valence-electron chi connectivity index (χ0n) is 8.24. The maximum absolute atomic E-state index is 11.2. The van der Waals surface area contributed by atoms with E-state index in [1.165, 1.54) is 0 Å². The Morgan fingerprint density at radius 3 is 2.46 bits per heavy atom. The van der Waals surface area contributed by atoms with Crippen molar-refractivity contribution in [2.75, 3.05) is 0 Å². The molecule has 0 amide bonds. The second-order valence-corrected chi connectivity index (χ2v) is 3.27. The third-order valence-electron chi connectivity index (χ3n) is 1.88. The normalized spacial score (nSPS) is 10.5. The van der Waals surface area contributed by atoms with E-state index in [9.17, 15) is 4.79 Å². The number of carbonyl (C=O) groups is 1. The van der Waals surface area contributed by atoms with Crippen LogP contribution in [-0.2, 0) is 0 Å². The summed E-state index contributed by atoms with van der Waals surface area (Å²) in [4.78, 5) is 11.2. The van der Waals surface area contributed by atoms with Crippen LogP contribution < -0.4 is 0 Å². The van der Waals surface area contributed by atoms with Crippen LogP contribution in [0.2, 0.25) is 0 Å². The predicted octanol–water partition coefficient (Wildman–Crippen LogP) is 2.19. The number of ketones is 1. The van der Waals surface area contributed by atoms with Crippen molar-refractivity contribution < 1.29 is 4.79 Å². The Labute approximate surface area is 78.2 Å². The molecule has 1 heterocycles. The lowest BCUT2D eigenvalue weighted by molar-refractivity contribution is 0.0982. The molecule has 0 aliphatic carbocycles. The summed E-state index contributed by atoms with van der Waals surface area (Å²) in [6, 6.07) is 3.61. The molecule has 0 aliphatic heterocycles. The van der Waals surface area contributed by atoms with Gasteiger partial charge in [-0.05, 0) is 18.1 Å². The summed E-state index contributed by atoms with van der Waals surface area (Å²) in [5.41, 5.74) is 1.39. The fourth-order valence-corrected chi connectivity index (χ4v) is 0.980. The van der Waals surface area contributed by atoms with E-state index in [1.807, 2.05) is 26.8 Å². The minimum atomic E-state index is 0.0443. The zero-order valence-corrected chi connectivity index (χ0v) is 8.24. The Morgan fingerprint density at radius 1 is 1.38 bits per heavy atom. The van der Waals surface area contributed by atoms with Crippen molar-refractivity contribution in [3.63, 3.8) is 0 Å². The highest BCUT2D eigenvalue weighted by molar-refractivity contribution is 5.93. The second kappa shape index (κ2) is 4.12. The number of hydrogen-bond donors (Lipinski definition) is 0. The third-order valence-corrected chi connectivity index (χ3v) is 1.88. The molecule has 70 valence electrons. The van der Waals surface area contributed by atoms with Crippen LogP contribution in [0.15, 0.2) is 12.1 Å². The van der Waals surface area contributed by atoms with Gasteiger partial charge in [-0.2, -0.15) is 5.10 Å². The Morgan fingerprint density at radius 2 is 2.08 bits per heavy atom. The molecular weight excluding hydrogens is 164 g/mol. The van der Waals surface area contributed by atoms with E-state index in [2.05, 4.69) is 10.2 Å². The zero-order chi connectivity index (χ0) is 9.84. The largest absolute Gasteiger partial charge is 0.292 e. The molecule has 0 N–H and O–H groups in total. The monoisotopic (exact) mass is 178 g/mol. The number of carbonyl (C=O) groups excluding carboxylic acids is 1. The van der Waals surface area contributed by atoms with Gasteiger partial charge in [0.15, 0.2) is 5.78 Å². The van der Waals surface area contributed by atoms with Gasteiger partial charge in [0, 0.05) is 6.42 Å². The van der Waals surface area contributed by atoms with E-state index in [4.69, 9.17) is 0 Å². The second-order valence-electron chi connectivity index (χ2n) is 3.27. The molecule has 1 aromatic rings. The van der Waals surface area contributed by atoms with E-state index in [1.54, 1.807) is 6.07 Å². The van der Waals surface area contributed by atoms with Crippen molar-refractivity contribution in [2.45, 2.75) is 33.1 Å². The summed E-state index contributed by atoms with van der Waals surface area (Å²) in [5.74, 6) is 0.404. The Kier molecular flexibility index (Phi) is 3.12. The number of aromatic nitrogens is 2. The maximum Gasteiger partial charge on any atom is 0.182 e. The van der Waals surface area contributed by atoms with Crippen molar-refractivity contribution in [1.82, 2.24) is 10.2 Å². The van der Waals surface area contributed by atoms with Crippen molar-refractivity contribution in [3.8, 4) is 0 Å². The predicted molar refractivity (Wildman–Crippen MR) is 50.7 cm³/mol. The van der Waals surface area contributed by atoms with Crippen LogP contribution in [-0.4, -0.2) is 16.0 Å². The van der Waals surface area contributed by atoms with Gasteiger partial charge in [-0.25, -0.2) is 0 Å². The van der Waals surface area contributed by atoms with Crippen LogP contribution in [0.1, 0.15) is 49.3 Å². The molecule has 0 radical (unpaired) electrons. The van der Waals surface area contributed by atoms with E-state index in [0.29, 0.717) is 18.0 Å². The smallest absolute Gasteiger partial charge is 0.182 e. The number of rotatable bonds is 3. The highest BCUT2D eigenvalue weighted by atomic mass is 16.1.